The number of carbonyl (C=O) groups excluding carboxylic acids is 1. The normalized spacial score (nSPS) is 24.8. The van der Waals surface area contributed by atoms with Crippen LogP contribution < -0.4 is 20.1 Å². The molecule has 0 spiro atoms. The Labute approximate surface area is 216 Å². The van der Waals surface area contributed by atoms with Crippen LogP contribution in [0.4, 0.5) is 10.5 Å². The lowest BCUT2D eigenvalue weighted by atomic mass is 9.65. The van der Waals surface area contributed by atoms with E-state index >= 15 is 0 Å². The highest BCUT2D eigenvalue weighted by Gasteiger charge is 2.51. The van der Waals surface area contributed by atoms with Crippen molar-refractivity contribution in [2.75, 3.05) is 18.7 Å². The summed E-state index contributed by atoms with van der Waals surface area (Å²) in [6.45, 7) is 2.21. The number of benzene rings is 3. The summed E-state index contributed by atoms with van der Waals surface area (Å²) in [7, 11) is 0. The maximum absolute atomic E-state index is 12.8. The van der Waals surface area contributed by atoms with Gasteiger partial charge >= 0.3 is 6.03 Å². The van der Waals surface area contributed by atoms with Crippen molar-refractivity contribution in [3.8, 4) is 11.5 Å². The van der Waals surface area contributed by atoms with E-state index in [1.807, 2.05) is 18.2 Å². The predicted octanol–water partition coefficient (Wildman–Crippen LogP) is 5.96. The summed E-state index contributed by atoms with van der Waals surface area (Å²) in [5.41, 5.74) is 3.34. The fraction of sp³-hybridized carbons (Fsp3) is 0.345. The largest absolute Gasteiger partial charge is 0.454 e. The van der Waals surface area contributed by atoms with Crippen LogP contribution in [-0.4, -0.2) is 36.4 Å². The molecule has 2 heterocycles. The van der Waals surface area contributed by atoms with E-state index in [4.69, 9.17) is 21.1 Å². The molecule has 186 valence electrons. The van der Waals surface area contributed by atoms with E-state index in [-0.39, 0.29) is 24.3 Å². The number of anilines is 1. The van der Waals surface area contributed by atoms with Crippen LogP contribution in [0, 0.1) is 0 Å². The molecule has 2 N–H and O–H groups in total. The van der Waals surface area contributed by atoms with Crippen molar-refractivity contribution in [1.82, 2.24) is 10.2 Å². The number of hydrogen-bond donors (Lipinski definition) is 2. The van der Waals surface area contributed by atoms with Gasteiger partial charge in [-0.2, -0.15) is 0 Å². The molecular formula is C29H30ClN3O3. The van der Waals surface area contributed by atoms with Gasteiger partial charge in [0.2, 0.25) is 6.79 Å². The molecule has 3 atom stereocenters. The molecule has 1 saturated carbocycles. The third-order valence-electron chi connectivity index (χ3n) is 7.96. The van der Waals surface area contributed by atoms with Crippen molar-refractivity contribution in [1.29, 1.82) is 0 Å². The highest BCUT2D eigenvalue weighted by atomic mass is 35.5. The summed E-state index contributed by atoms with van der Waals surface area (Å²) in [6, 6.07) is 24.5. The SMILES string of the molecule is O=C(Nc1cccc(Cl)c1)N[C@@H]1CC[C@@]2(c3ccc4c(c3)OCO4)CCN(Cc3ccccc3)[C@@H]2C1. The summed E-state index contributed by atoms with van der Waals surface area (Å²) < 4.78 is 11.3. The van der Waals surface area contributed by atoms with Gasteiger partial charge in [0.25, 0.3) is 0 Å². The predicted molar refractivity (Wildman–Crippen MR) is 141 cm³/mol. The third-order valence-corrected chi connectivity index (χ3v) is 8.20. The monoisotopic (exact) mass is 503 g/mol. The molecule has 3 aromatic carbocycles. The van der Waals surface area contributed by atoms with E-state index < -0.39 is 0 Å². The number of amides is 2. The molecule has 0 aromatic heterocycles. The van der Waals surface area contributed by atoms with E-state index in [0.29, 0.717) is 16.8 Å². The first-order chi connectivity index (χ1) is 17.6. The molecule has 0 radical (unpaired) electrons. The number of ether oxygens (including phenoxy) is 2. The van der Waals surface area contributed by atoms with Crippen LogP contribution in [0.2, 0.25) is 5.02 Å². The van der Waals surface area contributed by atoms with Crippen molar-refractivity contribution in [3.63, 3.8) is 0 Å². The minimum absolute atomic E-state index is 0.0252. The molecule has 1 saturated heterocycles. The Bertz CT molecular complexity index is 1250. The number of rotatable bonds is 5. The van der Waals surface area contributed by atoms with Gasteiger partial charge in [0.05, 0.1) is 0 Å². The van der Waals surface area contributed by atoms with Crippen LogP contribution in [0.5, 0.6) is 11.5 Å². The number of urea groups is 1. The lowest BCUT2D eigenvalue weighted by Crippen LogP contribution is -2.52. The molecule has 2 aliphatic heterocycles. The summed E-state index contributed by atoms with van der Waals surface area (Å²) in [5, 5.41) is 6.76. The molecule has 6 rings (SSSR count). The van der Waals surface area contributed by atoms with Crippen molar-refractivity contribution >= 4 is 23.3 Å². The Balaban J connectivity index is 1.23. The molecule has 3 aliphatic rings. The lowest BCUT2D eigenvalue weighted by molar-refractivity contribution is 0.131. The van der Waals surface area contributed by atoms with E-state index in [9.17, 15) is 4.79 Å². The molecule has 2 fully saturated rings. The lowest BCUT2D eigenvalue weighted by Gasteiger charge is -2.45. The average Bonchev–Trinajstić information content (AvgIpc) is 3.50. The van der Waals surface area contributed by atoms with E-state index in [1.165, 1.54) is 11.1 Å². The molecule has 2 amide bonds. The van der Waals surface area contributed by atoms with Crippen LogP contribution in [0.3, 0.4) is 0 Å². The number of carbonyl (C=O) groups is 1. The molecular weight excluding hydrogens is 474 g/mol. The third kappa shape index (κ3) is 4.51. The second-order valence-electron chi connectivity index (χ2n) is 10.0. The van der Waals surface area contributed by atoms with Crippen molar-refractivity contribution in [3.05, 3.63) is 88.9 Å². The molecule has 7 heteroatoms. The van der Waals surface area contributed by atoms with Crippen molar-refractivity contribution < 1.29 is 14.3 Å². The van der Waals surface area contributed by atoms with Gasteiger partial charge in [0.1, 0.15) is 0 Å². The zero-order chi connectivity index (χ0) is 24.5. The minimum atomic E-state index is -0.189. The van der Waals surface area contributed by atoms with Gasteiger partial charge in [-0.05, 0) is 73.7 Å². The van der Waals surface area contributed by atoms with Crippen LogP contribution in [0.25, 0.3) is 0 Å². The Morgan fingerprint density at radius 3 is 2.72 bits per heavy atom. The highest BCUT2D eigenvalue weighted by molar-refractivity contribution is 6.30. The number of hydrogen-bond acceptors (Lipinski definition) is 4. The average molecular weight is 504 g/mol. The van der Waals surface area contributed by atoms with Crippen LogP contribution in [-0.2, 0) is 12.0 Å². The second-order valence-corrected chi connectivity index (χ2v) is 10.5. The Morgan fingerprint density at radius 1 is 1.00 bits per heavy atom. The van der Waals surface area contributed by atoms with Crippen LogP contribution in [0.15, 0.2) is 72.8 Å². The van der Waals surface area contributed by atoms with E-state index in [2.05, 4.69) is 58.0 Å². The van der Waals surface area contributed by atoms with E-state index in [1.54, 1.807) is 12.1 Å². The smallest absolute Gasteiger partial charge is 0.319 e. The summed E-state index contributed by atoms with van der Waals surface area (Å²) in [5.74, 6) is 1.65. The summed E-state index contributed by atoms with van der Waals surface area (Å²) >= 11 is 6.08. The fourth-order valence-corrected chi connectivity index (χ4v) is 6.44. The number of fused-ring (bicyclic) bond motifs is 2. The first-order valence-corrected chi connectivity index (χ1v) is 13.0. The number of likely N-dealkylation sites (tertiary alicyclic amines) is 1. The maximum atomic E-state index is 12.8. The van der Waals surface area contributed by atoms with Gasteiger partial charge in [-0.1, -0.05) is 54.1 Å². The summed E-state index contributed by atoms with van der Waals surface area (Å²) in [6.07, 6.45) is 3.91. The first-order valence-electron chi connectivity index (χ1n) is 12.6. The number of halogens is 1. The standard InChI is InChI=1S/C29H30ClN3O3/c30-22-7-4-8-23(16-22)31-28(34)32-24-11-12-29(21-9-10-25-26(15-21)36-19-35-25)13-14-33(27(29)17-24)18-20-5-2-1-3-6-20/h1-10,15-16,24,27H,11-14,17-19H2,(H2,31,32,34)/t24-,27-,29+/m1/s1. The Hall–Kier alpha value is -3.22. The van der Waals surface area contributed by atoms with Gasteiger partial charge in [-0.15, -0.1) is 0 Å². The highest BCUT2D eigenvalue weighted by Crippen LogP contribution is 2.51. The first kappa shape index (κ1) is 23.2. The Morgan fingerprint density at radius 2 is 1.86 bits per heavy atom. The molecule has 3 aromatic rings. The van der Waals surface area contributed by atoms with Crippen molar-refractivity contribution in [2.45, 2.75) is 49.7 Å². The topological polar surface area (TPSA) is 62.8 Å². The molecule has 0 unspecified atom stereocenters. The van der Waals surface area contributed by atoms with Gasteiger partial charge in [-0.25, -0.2) is 4.79 Å². The zero-order valence-corrected chi connectivity index (χ0v) is 20.8. The molecule has 6 nitrogen and oxygen atoms in total. The van der Waals surface area contributed by atoms with Gasteiger partial charge in [-0.3, -0.25) is 4.90 Å². The van der Waals surface area contributed by atoms with Crippen LogP contribution in [0.1, 0.15) is 36.8 Å². The van der Waals surface area contributed by atoms with Gasteiger partial charge in [0.15, 0.2) is 11.5 Å². The molecule has 1 aliphatic carbocycles. The number of nitrogens with one attached hydrogen (secondary N) is 2. The molecule has 36 heavy (non-hydrogen) atoms. The number of nitrogens with zero attached hydrogens (tertiary/aromatic N) is 1. The minimum Gasteiger partial charge on any atom is -0.454 e. The van der Waals surface area contributed by atoms with Gasteiger partial charge in [0, 0.05) is 34.8 Å². The zero-order valence-electron chi connectivity index (χ0n) is 20.1. The van der Waals surface area contributed by atoms with Crippen molar-refractivity contribution in [2.24, 2.45) is 0 Å². The van der Waals surface area contributed by atoms with E-state index in [0.717, 1.165) is 50.3 Å². The fourth-order valence-electron chi connectivity index (χ4n) is 6.24. The Kier molecular flexibility index (Phi) is 6.23. The second kappa shape index (κ2) is 9.68. The van der Waals surface area contributed by atoms with Crippen LogP contribution >= 0.6 is 11.6 Å². The quantitative estimate of drug-likeness (QED) is 0.451. The van der Waals surface area contributed by atoms with Gasteiger partial charge < -0.3 is 20.1 Å². The summed E-state index contributed by atoms with van der Waals surface area (Å²) in [4.78, 5) is 15.4. The molecule has 0 bridgehead atoms. The maximum Gasteiger partial charge on any atom is 0.319 e.